The molecule has 0 saturated carbocycles. The van der Waals surface area contributed by atoms with Crippen LogP contribution in [0.5, 0.6) is 5.75 Å². The van der Waals surface area contributed by atoms with Crippen molar-refractivity contribution in [2.24, 2.45) is 0 Å². The van der Waals surface area contributed by atoms with Crippen LogP contribution in [0.15, 0.2) is 67.2 Å². The van der Waals surface area contributed by atoms with Gasteiger partial charge in [-0.15, -0.1) is 0 Å². The Morgan fingerprint density at radius 2 is 2.19 bits per heavy atom. The number of amides is 1. The fraction of sp³-hybridized carbons (Fsp3) is 0.320. The van der Waals surface area contributed by atoms with Crippen LogP contribution in [0.3, 0.4) is 0 Å². The van der Waals surface area contributed by atoms with Crippen LogP contribution in [0.2, 0.25) is 0 Å². The van der Waals surface area contributed by atoms with Gasteiger partial charge in [0.25, 0.3) is 0 Å². The number of rotatable bonds is 2. The third-order valence-corrected chi connectivity index (χ3v) is 6.54. The minimum atomic E-state index is -0.141. The average molecular weight is 601 g/mol. The molecule has 1 amide bonds. The first-order valence-corrected chi connectivity index (χ1v) is 12.4. The summed E-state index contributed by atoms with van der Waals surface area (Å²) in [5.41, 5.74) is 1.61. The summed E-state index contributed by atoms with van der Waals surface area (Å²) in [5.74, 6) is 1.57. The number of nitrogens with zero attached hydrogens (tertiary/aromatic N) is 2. The van der Waals surface area contributed by atoms with Gasteiger partial charge in [-0.1, -0.05) is 0 Å². The molecule has 1 saturated heterocycles. The number of aryl methyl sites for hydroxylation is 1. The molecule has 1 unspecified atom stereocenters. The molecule has 32 heavy (non-hydrogen) atoms. The van der Waals surface area contributed by atoms with Crippen LogP contribution in [0.25, 0.3) is 0 Å². The summed E-state index contributed by atoms with van der Waals surface area (Å²) >= 11 is 1.35. The van der Waals surface area contributed by atoms with E-state index in [1.165, 1.54) is 19.4 Å². The molecule has 0 bridgehead atoms. The predicted molar refractivity (Wildman–Crippen MR) is 120 cm³/mol. The first-order chi connectivity index (χ1) is 15.7. The Morgan fingerprint density at radius 3 is 3.06 bits per heavy atom. The van der Waals surface area contributed by atoms with Gasteiger partial charge in [-0.2, -0.15) is 0 Å². The number of benzene rings is 1. The number of imidazole rings is 1. The number of allylic oxidation sites excluding steroid dienone is 5. The number of hydrogen-bond acceptors (Lipinski definition) is 4. The molecular formula is C25H27N3O3W. The predicted octanol–water partition coefficient (Wildman–Crippen LogP) is 3.51. The molecule has 2 aliphatic rings. The van der Waals surface area contributed by atoms with E-state index in [4.69, 9.17) is 9.47 Å². The van der Waals surface area contributed by atoms with Crippen LogP contribution in [0.4, 0.5) is 0 Å². The van der Waals surface area contributed by atoms with Gasteiger partial charge in [0.1, 0.15) is 0 Å². The van der Waals surface area contributed by atoms with Crippen molar-refractivity contribution in [3.05, 3.63) is 84.1 Å². The Kier molecular flexibility index (Phi) is 8.02. The first kappa shape index (κ1) is 22.6. The number of aromatic nitrogens is 2. The zero-order chi connectivity index (χ0) is 22.2. The summed E-state index contributed by atoms with van der Waals surface area (Å²) in [4.78, 5) is 17.4. The van der Waals surface area contributed by atoms with E-state index in [0.717, 1.165) is 47.7 Å². The van der Waals surface area contributed by atoms with Gasteiger partial charge in [0.15, 0.2) is 0 Å². The van der Waals surface area contributed by atoms with E-state index in [9.17, 15) is 4.79 Å². The van der Waals surface area contributed by atoms with Crippen molar-refractivity contribution in [1.82, 2.24) is 14.9 Å². The summed E-state index contributed by atoms with van der Waals surface area (Å²) in [6, 6.07) is 5.77. The van der Waals surface area contributed by atoms with E-state index in [-0.39, 0.29) is 12.0 Å². The summed E-state index contributed by atoms with van der Waals surface area (Å²) in [7, 11) is 0. The summed E-state index contributed by atoms with van der Waals surface area (Å²) in [6.45, 7) is 2.25. The van der Waals surface area contributed by atoms with Crippen molar-refractivity contribution in [3.63, 3.8) is 0 Å². The molecule has 6 nitrogen and oxygen atoms in total. The minimum absolute atomic E-state index is 0.0486. The Hall–Kier alpha value is -2.56. The van der Waals surface area contributed by atoms with Crippen molar-refractivity contribution >= 4 is 9.81 Å². The Balaban J connectivity index is 1.54. The Bertz CT molecular complexity index is 1050. The molecule has 166 valence electrons. The van der Waals surface area contributed by atoms with Gasteiger partial charge in [0.2, 0.25) is 0 Å². The van der Waals surface area contributed by atoms with Gasteiger partial charge in [-0.05, 0) is 0 Å². The monoisotopic (exact) mass is 601 g/mol. The fourth-order valence-corrected chi connectivity index (χ4v) is 4.61. The molecule has 0 aliphatic carbocycles. The van der Waals surface area contributed by atoms with Crippen molar-refractivity contribution in [2.45, 2.75) is 38.3 Å². The Labute approximate surface area is 199 Å². The van der Waals surface area contributed by atoms with Crippen molar-refractivity contribution in [2.75, 3.05) is 13.2 Å². The second kappa shape index (κ2) is 11.3. The first-order valence-electron chi connectivity index (χ1n) is 10.9. The molecule has 1 atom stereocenters. The SMILES string of the molecule is O=C1NC=CC=C[C](=[W])c2nccn2CCCC=CCc2ccc(OC3CCOC3)cc21. The summed E-state index contributed by atoms with van der Waals surface area (Å²) < 4.78 is 14.8. The number of hydrogen-bond donors (Lipinski definition) is 1. The molecule has 1 aromatic carbocycles. The van der Waals surface area contributed by atoms with E-state index in [2.05, 4.69) is 27.0 Å². The number of carbonyl (C=O) groups excluding carboxylic acids is 1. The number of nitrogens with one attached hydrogen (secondary N) is 1. The maximum atomic E-state index is 12.9. The average Bonchev–Trinajstić information content (AvgIpc) is 3.48. The van der Waals surface area contributed by atoms with Crippen LogP contribution in [-0.4, -0.2) is 38.7 Å². The van der Waals surface area contributed by atoms with Gasteiger partial charge < -0.3 is 4.74 Å². The van der Waals surface area contributed by atoms with Crippen LogP contribution in [-0.2, 0) is 37.1 Å². The standard InChI is InChI=1S/C25H27N3O3.W/c29-25-23-18-21(31-22-12-17-30-19-22)11-10-20(23)8-4-1-2-7-15-28-16-14-26-24(28)9-5-3-6-13-27-25;/h1,3-6,10-11,13-14,16,18,22H,2,7-8,12,15,17,19H2,(H,27,29);. The van der Waals surface area contributed by atoms with Crippen LogP contribution >= 0.6 is 0 Å². The molecule has 1 aromatic heterocycles. The fourth-order valence-electron chi connectivity index (χ4n) is 3.71. The molecule has 0 spiro atoms. The van der Waals surface area contributed by atoms with E-state index < -0.39 is 0 Å². The van der Waals surface area contributed by atoms with Crippen LogP contribution in [0, 0.1) is 0 Å². The molecular weight excluding hydrogens is 574 g/mol. The topological polar surface area (TPSA) is 65.4 Å². The molecule has 7 heteroatoms. The van der Waals surface area contributed by atoms with Gasteiger partial charge in [-0.25, -0.2) is 0 Å². The zero-order valence-electron chi connectivity index (χ0n) is 17.9. The quantitative estimate of drug-likeness (QED) is 0.536. The van der Waals surface area contributed by atoms with Gasteiger partial charge in [0.05, 0.1) is 13.2 Å². The third-order valence-electron chi connectivity index (χ3n) is 5.40. The van der Waals surface area contributed by atoms with E-state index in [0.29, 0.717) is 24.3 Å². The van der Waals surface area contributed by atoms with Crippen molar-refractivity contribution in [1.29, 1.82) is 0 Å². The molecule has 0 radical (unpaired) electrons. The molecule has 2 aliphatic heterocycles. The normalized spacial score (nSPS) is 19.8. The second-order valence-electron chi connectivity index (χ2n) is 7.74. The molecule has 1 fully saturated rings. The zero-order valence-corrected chi connectivity index (χ0v) is 20.8. The molecule has 4 rings (SSSR count). The number of fused-ring (bicyclic) bond motifs is 2. The molecule has 1 N–H and O–H groups in total. The number of carbonyl (C=O) groups is 1. The summed E-state index contributed by atoms with van der Waals surface area (Å²) in [6.07, 6.45) is 19.3. The Morgan fingerprint density at radius 1 is 1.25 bits per heavy atom. The molecule has 3 heterocycles. The van der Waals surface area contributed by atoms with Gasteiger partial charge in [0, 0.05) is 6.42 Å². The van der Waals surface area contributed by atoms with Crippen LogP contribution in [0.1, 0.15) is 41.0 Å². The second-order valence-corrected chi connectivity index (χ2v) is 9.32. The van der Waals surface area contributed by atoms with Crippen molar-refractivity contribution in [3.8, 4) is 5.75 Å². The van der Waals surface area contributed by atoms with E-state index in [1.54, 1.807) is 6.20 Å². The third kappa shape index (κ3) is 6.02. The van der Waals surface area contributed by atoms with Gasteiger partial charge >= 0.3 is 175 Å². The van der Waals surface area contributed by atoms with Gasteiger partial charge in [-0.3, -0.25) is 0 Å². The summed E-state index contributed by atoms with van der Waals surface area (Å²) in [5, 5.41) is 2.88. The van der Waals surface area contributed by atoms with Crippen molar-refractivity contribution < 1.29 is 33.6 Å². The van der Waals surface area contributed by atoms with E-state index >= 15 is 0 Å². The molecule has 2 aromatic rings. The van der Waals surface area contributed by atoms with E-state index in [1.807, 2.05) is 48.8 Å². The van der Waals surface area contributed by atoms with Crippen LogP contribution < -0.4 is 10.1 Å². The maximum absolute atomic E-state index is 12.9. The number of ether oxygens (including phenoxy) is 2.